The minimum Gasteiger partial charge on any atom is -1.00 e. The van der Waals surface area contributed by atoms with Crippen LogP contribution in [0.25, 0.3) is 0 Å². The first-order valence-electron chi connectivity index (χ1n) is 0.428. The molecule has 0 heterocycles. The molecule has 1 N–H and O–H groups in total. The number of hydrogen-bond acceptors (Lipinski definition) is 1. The summed E-state index contributed by atoms with van der Waals surface area (Å²) in [6.45, 7) is 0.500. The molecule has 0 amide bonds. The van der Waals surface area contributed by atoms with Crippen molar-refractivity contribution in [2.45, 2.75) is 0 Å². The van der Waals surface area contributed by atoms with Crippen LogP contribution in [0.5, 0.6) is 0 Å². The predicted molar refractivity (Wildman–Crippen MR) is 24.3 cm³/mol. The largest absolute Gasteiger partial charge is 2.00 e. The van der Waals surface area contributed by atoms with Crippen molar-refractivity contribution in [1.29, 1.82) is 0 Å². The van der Waals surface area contributed by atoms with Crippen molar-refractivity contribution in [3.8, 4) is 0 Å². The molecule has 2 nitrogen and oxygen atoms in total. The van der Waals surface area contributed by atoms with E-state index >= 15 is 0 Å². The van der Waals surface area contributed by atoms with Gasteiger partial charge in [-0.2, -0.15) is 0 Å². The second-order valence-electron chi connectivity index (χ2n) is 0.0913. The standard InChI is InChI=1S/CHO2.Ca.K.Mg.4H/c2-1-3;;;;;;;/h(H,2,3);;;;;;;/q-1;+2;+1;+2;4*-1. The number of hydrogen-bond donors (Lipinski definition) is 1. The van der Waals surface area contributed by atoms with Crippen molar-refractivity contribution in [3.63, 3.8) is 0 Å². The van der Waals surface area contributed by atoms with E-state index < -0.39 is 0 Å². The van der Waals surface area contributed by atoms with Crippen LogP contribution in [0.15, 0.2) is 0 Å². The second-order valence-corrected chi connectivity index (χ2v) is 0.0913. The summed E-state index contributed by atoms with van der Waals surface area (Å²) < 4.78 is 0. The first-order valence-corrected chi connectivity index (χ1v) is 0.428. The molecular weight excluding hydrogens is 147 g/mol. The minimum atomic E-state index is 0. The van der Waals surface area contributed by atoms with Crippen molar-refractivity contribution in [2.75, 3.05) is 0 Å². The number of aliphatic hydroxyl groups excluding tert-OH is 1. The Morgan fingerprint density at radius 1 is 1.67 bits per heavy atom. The average Bonchev–Trinajstić information content (AvgIpc) is 0.918. The summed E-state index contributed by atoms with van der Waals surface area (Å²) >= 11 is 0. The van der Waals surface area contributed by atoms with Gasteiger partial charge in [0.05, 0.1) is 0 Å². The Morgan fingerprint density at radius 2 is 1.67 bits per heavy atom. The topological polar surface area (TPSA) is 37.3 Å². The summed E-state index contributed by atoms with van der Waals surface area (Å²) in [6.07, 6.45) is 0. The van der Waals surface area contributed by atoms with Crippen LogP contribution in [0.3, 0.4) is 0 Å². The second kappa shape index (κ2) is 24.2. The van der Waals surface area contributed by atoms with Crippen LogP contribution in [-0.2, 0) is 4.79 Å². The van der Waals surface area contributed by atoms with Gasteiger partial charge in [0, 0.05) is 0 Å². The zero-order valence-electron chi connectivity index (χ0n) is 7.77. The van der Waals surface area contributed by atoms with Crippen LogP contribution in [0.1, 0.15) is 5.71 Å². The van der Waals surface area contributed by atoms with E-state index in [1.165, 1.54) is 0 Å². The van der Waals surface area contributed by atoms with Gasteiger partial charge in [0.2, 0.25) is 0 Å². The molecule has 0 saturated heterocycles. The zero-order valence-corrected chi connectivity index (χ0v) is 10.5. The molecule has 6 heavy (non-hydrogen) atoms. The molecule has 0 saturated carbocycles. The fraction of sp³-hybridized carbons (Fsp3) is 0. The van der Waals surface area contributed by atoms with E-state index in [0.717, 1.165) is 0 Å². The molecule has 0 radical (unpaired) electrons. The summed E-state index contributed by atoms with van der Waals surface area (Å²) in [6, 6.07) is 0. The minimum absolute atomic E-state index is 0. The molecular formula is CH5CaKMgO2. The molecule has 0 aliphatic heterocycles. The summed E-state index contributed by atoms with van der Waals surface area (Å²) in [5.41, 5.74) is 0. The van der Waals surface area contributed by atoms with E-state index in [2.05, 4.69) is 0 Å². The van der Waals surface area contributed by atoms with Gasteiger partial charge < -0.3 is 15.6 Å². The van der Waals surface area contributed by atoms with Gasteiger partial charge >= 0.3 is 112 Å². The van der Waals surface area contributed by atoms with Gasteiger partial charge in [0.25, 0.3) is 0 Å². The maximum Gasteiger partial charge on any atom is 2.00 e. The van der Waals surface area contributed by atoms with Gasteiger partial charge in [0.15, 0.2) is 0 Å². The van der Waals surface area contributed by atoms with Crippen molar-refractivity contribution in [2.24, 2.45) is 0 Å². The van der Waals surface area contributed by atoms with E-state index in [0.29, 0.717) is 6.47 Å². The molecule has 0 aliphatic rings. The summed E-state index contributed by atoms with van der Waals surface area (Å²) in [5, 5.41) is 6.76. The number of rotatable bonds is 0. The SMILES string of the molecule is O=[C-]O.[Ca+2].[H-].[H-].[H-].[H-].[K+].[Mg+2]. The predicted octanol–water partition coefficient (Wildman–Crippen LogP) is -3.70. The normalized spacial score (nSPS) is 2.00. The fourth-order valence-corrected chi connectivity index (χ4v) is 0. The van der Waals surface area contributed by atoms with Crippen LogP contribution < -0.4 is 51.4 Å². The molecule has 0 fully saturated rings. The molecule has 26 valence electrons. The van der Waals surface area contributed by atoms with Gasteiger partial charge in [-0.25, -0.2) is 0 Å². The first kappa shape index (κ1) is 22.9. The average molecular weight is 153 g/mol. The van der Waals surface area contributed by atoms with Crippen molar-refractivity contribution >= 4 is 67.3 Å². The molecule has 0 aromatic carbocycles. The Bertz CT molecular complexity index is 30.7. The first-order chi connectivity index (χ1) is 1.41. The van der Waals surface area contributed by atoms with Crippen LogP contribution in [0.4, 0.5) is 0 Å². The van der Waals surface area contributed by atoms with Crippen LogP contribution in [0, 0.1) is 0 Å². The van der Waals surface area contributed by atoms with E-state index in [1.54, 1.807) is 0 Å². The monoisotopic (exact) mass is 152 g/mol. The van der Waals surface area contributed by atoms with E-state index in [4.69, 9.17) is 9.90 Å². The summed E-state index contributed by atoms with van der Waals surface area (Å²) in [5.74, 6) is 0. The third-order valence-corrected chi connectivity index (χ3v) is 0. The maximum atomic E-state index is 8.24. The van der Waals surface area contributed by atoms with Gasteiger partial charge in [-0.05, 0) is 0 Å². The molecule has 0 bridgehead atoms. The molecule has 0 atom stereocenters. The van der Waals surface area contributed by atoms with E-state index in [9.17, 15) is 0 Å². The Kier molecular flexibility index (Phi) is 92.6. The third-order valence-electron chi connectivity index (χ3n) is 0. The molecule has 5 heteroatoms. The molecule has 0 aromatic rings. The van der Waals surface area contributed by atoms with Crippen LogP contribution in [-0.4, -0.2) is 72.4 Å². The van der Waals surface area contributed by atoms with Crippen LogP contribution in [0.2, 0.25) is 0 Å². The molecule has 0 aromatic heterocycles. The Balaban J connectivity index is -0.000000000952. The van der Waals surface area contributed by atoms with Gasteiger partial charge in [-0.15, -0.1) is 0 Å². The van der Waals surface area contributed by atoms with Crippen molar-refractivity contribution < 1.29 is 67.0 Å². The zero-order chi connectivity index (χ0) is 2.71. The summed E-state index contributed by atoms with van der Waals surface area (Å²) in [7, 11) is 0. The molecule has 0 unspecified atom stereocenters. The van der Waals surface area contributed by atoms with E-state index in [-0.39, 0.29) is 118 Å². The summed E-state index contributed by atoms with van der Waals surface area (Å²) in [4.78, 5) is 8.24. The van der Waals surface area contributed by atoms with Crippen molar-refractivity contribution in [3.05, 3.63) is 0 Å². The third kappa shape index (κ3) is 27.3. The Labute approximate surface area is 131 Å². The van der Waals surface area contributed by atoms with E-state index in [1.807, 2.05) is 0 Å². The van der Waals surface area contributed by atoms with Gasteiger partial charge in [-0.1, -0.05) is 6.47 Å². The molecule has 0 spiro atoms. The van der Waals surface area contributed by atoms with Crippen molar-refractivity contribution in [1.82, 2.24) is 0 Å². The quantitative estimate of drug-likeness (QED) is 0.287. The molecule has 0 aliphatic carbocycles. The Morgan fingerprint density at radius 3 is 1.67 bits per heavy atom. The van der Waals surface area contributed by atoms with Crippen LogP contribution >= 0.6 is 0 Å². The smallest absolute Gasteiger partial charge is 1.00 e. The molecule has 0 rings (SSSR count). The van der Waals surface area contributed by atoms with Gasteiger partial charge in [0.1, 0.15) is 0 Å². The van der Waals surface area contributed by atoms with Gasteiger partial charge in [-0.3, -0.25) is 0 Å². The maximum absolute atomic E-state index is 8.24. The fourth-order valence-electron chi connectivity index (χ4n) is 0. The Hall–Kier alpha value is 3.13.